The monoisotopic (exact) mass is 282 g/mol. The molecule has 5 heteroatoms. The molecule has 1 amide bonds. The lowest BCUT2D eigenvalue weighted by Crippen LogP contribution is -2.58. The second-order valence-corrected chi connectivity index (χ2v) is 6.25. The van der Waals surface area contributed by atoms with E-state index < -0.39 is 11.5 Å². The SMILES string of the molecule is CC1(C(=O)O)CCCCN1CC(=O)N1CCCCCC1. The quantitative estimate of drug-likeness (QED) is 0.856. The van der Waals surface area contributed by atoms with Crippen LogP contribution >= 0.6 is 0 Å². The first-order chi connectivity index (χ1) is 9.54. The van der Waals surface area contributed by atoms with Crippen molar-refractivity contribution in [3.05, 3.63) is 0 Å². The number of likely N-dealkylation sites (tertiary alicyclic amines) is 2. The minimum atomic E-state index is -0.875. The van der Waals surface area contributed by atoms with Crippen molar-refractivity contribution in [3.8, 4) is 0 Å². The van der Waals surface area contributed by atoms with E-state index in [-0.39, 0.29) is 12.5 Å². The summed E-state index contributed by atoms with van der Waals surface area (Å²) in [6.07, 6.45) is 7.08. The predicted octanol–water partition coefficient (Wildman–Crippen LogP) is 1.72. The molecular formula is C15H26N2O3. The number of carboxylic acid groups (broad SMARTS) is 1. The van der Waals surface area contributed by atoms with E-state index in [9.17, 15) is 14.7 Å². The molecule has 2 aliphatic rings. The molecule has 0 aromatic rings. The molecule has 2 fully saturated rings. The van der Waals surface area contributed by atoms with E-state index in [1.807, 2.05) is 9.80 Å². The maximum absolute atomic E-state index is 12.4. The van der Waals surface area contributed by atoms with E-state index in [0.717, 1.165) is 38.8 Å². The predicted molar refractivity (Wildman–Crippen MR) is 76.5 cm³/mol. The van der Waals surface area contributed by atoms with Gasteiger partial charge in [0.05, 0.1) is 6.54 Å². The van der Waals surface area contributed by atoms with Crippen molar-refractivity contribution in [2.24, 2.45) is 0 Å². The standard InChI is InChI=1S/C15H26N2O3/c1-15(14(19)20)8-4-7-11-17(15)12-13(18)16-9-5-2-3-6-10-16/h2-12H2,1H3,(H,19,20). The Bertz CT molecular complexity index is 364. The molecule has 2 rings (SSSR count). The van der Waals surface area contributed by atoms with Crippen LogP contribution in [0, 0.1) is 0 Å². The van der Waals surface area contributed by atoms with Crippen LogP contribution in [0.1, 0.15) is 51.9 Å². The Morgan fingerprint density at radius 2 is 1.60 bits per heavy atom. The zero-order valence-electron chi connectivity index (χ0n) is 12.4. The van der Waals surface area contributed by atoms with E-state index in [2.05, 4.69) is 0 Å². The Morgan fingerprint density at radius 1 is 1.00 bits per heavy atom. The number of piperidine rings is 1. The normalized spacial score (nSPS) is 28.9. The van der Waals surface area contributed by atoms with Crippen LogP contribution in [-0.2, 0) is 9.59 Å². The van der Waals surface area contributed by atoms with Crippen LogP contribution < -0.4 is 0 Å². The van der Waals surface area contributed by atoms with Crippen LogP contribution in [0.25, 0.3) is 0 Å². The first kappa shape index (κ1) is 15.3. The van der Waals surface area contributed by atoms with E-state index in [0.29, 0.717) is 13.0 Å². The Hall–Kier alpha value is -1.10. The largest absolute Gasteiger partial charge is 0.480 e. The molecule has 1 unspecified atom stereocenters. The van der Waals surface area contributed by atoms with Gasteiger partial charge in [-0.05, 0) is 45.6 Å². The average molecular weight is 282 g/mol. The van der Waals surface area contributed by atoms with Crippen LogP contribution in [0.4, 0.5) is 0 Å². The van der Waals surface area contributed by atoms with Gasteiger partial charge in [-0.15, -0.1) is 0 Å². The molecule has 1 N–H and O–H groups in total. The molecule has 0 radical (unpaired) electrons. The lowest BCUT2D eigenvalue weighted by molar-refractivity contribution is -0.154. The van der Waals surface area contributed by atoms with Crippen LogP contribution in [0.15, 0.2) is 0 Å². The maximum atomic E-state index is 12.4. The molecule has 0 aromatic heterocycles. The van der Waals surface area contributed by atoms with Gasteiger partial charge in [-0.2, -0.15) is 0 Å². The summed E-state index contributed by atoms with van der Waals surface area (Å²) in [5.41, 5.74) is -0.875. The van der Waals surface area contributed by atoms with E-state index in [1.165, 1.54) is 12.8 Å². The number of hydrogen-bond donors (Lipinski definition) is 1. The van der Waals surface area contributed by atoms with Crippen molar-refractivity contribution >= 4 is 11.9 Å². The first-order valence-corrected chi connectivity index (χ1v) is 7.80. The highest BCUT2D eigenvalue weighted by Crippen LogP contribution is 2.28. The van der Waals surface area contributed by atoms with Gasteiger partial charge in [-0.3, -0.25) is 14.5 Å². The lowest BCUT2D eigenvalue weighted by atomic mass is 9.88. The lowest BCUT2D eigenvalue weighted by Gasteiger charge is -2.41. The fourth-order valence-corrected chi connectivity index (χ4v) is 3.26. The summed E-state index contributed by atoms with van der Waals surface area (Å²) in [6, 6.07) is 0. The number of carbonyl (C=O) groups is 2. The third-order valence-electron chi connectivity index (χ3n) is 4.79. The zero-order valence-corrected chi connectivity index (χ0v) is 12.4. The van der Waals surface area contributed by atoms with Crippen molar-refractivity contribution in [2.75, 3.05) is 26.2 Å². The van der Waals surface area contributed by atoms with Gasteiger partial charge in [0.2, 0.25) is 5.91 Å². The minimum absolute atomic E-state index is 0.0984. The Morgan fingerprint density at radius 3 is 2.20 bits per heavy atom. The minimum Gasteiger partial charge on any atom is -0.480 e. The van der Waals surface area contributed by atoms with Gasteiger partial charge in [-0.1, -0.05) is 12.8 Å². The van der Waals surface area contributed by atoms with Crippen molar-refractivity contribution in [1.82, 2.24) is 9.80 Å². The fourth-order valence-electron chi connectivity index (χ4n) is 3.26. The second-order valence-electron chi connectivity index (χ2n) is 6.25. The van der Waals surface area contributed by atoms with Crippen LogP contribution in [0.5, 0.6) is 0 Å². The Balaban J connectivity index is 1.99. The average Bonchev–Trinajstić information content (AvgIpc) is 2.70. The van der Waals surface area contributed by atoms with E-state index in [4.69, 9.17) is 0 Å². The number of hydrogen-bond acceptors (Lipinski definition) is 3. The van der Waals surface area contributed by atoms with Crippen molar-refractivity contribution in [2.45, 2.75) is 57.4 Å². The van der Waals surface area contributed by atoms with Gasteiger partial charge >= 0.3 is 5.97 Å². The maximum Gasteiger partial charge on any atom is 0.323 e. The fraction of sp³-hybridized carbons (Fsp3) is 0.867. The number of amides is 1. The van der Waals surface area contributed by atoms with Crippen LogP contribution in [0.3, 0.4) is 0 Å². The number of nitrogens with zero attached hydrogens (tertiary/aromatic N) is 2. The summed E-state index contributed by atoms with van der Waals surface area (Å²) in [6.45, 7) is 4.38. The first-order valence-electron chi connectivity index (χ1n) is 7.80. The molecular weight excluding hydrogens is 256 g/mol. The zero-order chi connectivity index (χ0) is 14.6. The molecule has 5 nitrogen and oxygen atoms in total. The van der Waals surface area contributed by atoms with Gasteiger partial charge in [0.25, 0.3) is 0 Å². The molecule has 0 spiro atoms. The highest BCUT2D eigenvalue weighted by atomic mass is 16.4. The summed E-state index contributed by atoms with van der Waals surface area (Å²) in [4.78, 5) is 27.7. The smallest absolute Gasteiger partial charge is 0.323 e. The van der Waals surface area contributed by atoms with E-state index >= 15 is 0 Å². The third-order valence-corrected chi connectivity index (χ3v) is 4.79. The number of rotatable bonds is 3. The summed E-state index contributed by atoms with van der Waals surface area (Å²) in [7, 11) is 0. The molecule has 2 heterocycles. The Labute approximate surface area is 120 Å². The second kappa shape index (κ2) is 6.57. The van der Waals surface area contributed by atoms with Gasteiger partial charge in [0.1, 0.15) is 5.54 Å². The van der Waals surface area contributed by atoms with Gasteiger partial charge < -0.3 is 10.0 Å². The topological polar surface area (TPSA) is 60.9 Å². The van der Waals surface area contributed by atoms with Crippen LogP contribution in [0.2, 0.25) is 0 Å². The number of carbonyl (C=O) groups excluding carboxylic acids is 1. The molecule has 20 heavy (non-hydrogen) atoms. The summed E-state index contributed by atoms with van der Waals surface area (Å²) in [5, 5.41) is 9.47. The number of carboxylic acids is 1. The molecule has 0 bridgehead atoms. The van der Waals surface area contributed by atoms with Gasteiger partial charge in [0.15, 0.2) is 0 Å². The third kappa shape index (κ3) is 3.32. The van der Waals surface area contributed by atoms with Crippen molar-refractivity contribution in [1.29, 1.82) is 0 Å². The summed E-state index contributed by atoms with van der Waals surface area (Å²) < 4.78 is 0. The van der Waals surface area contributed by atoms with Crippen molar-refractivity contribution < 1.29 is 14.7 Å². The molecule has 2 aliphatic heterocycles. The highest BCUT2D eigenvalue weighted by Gasteiger charge is 2.42. The molecule has 114 valence electrons. The van der Waals surface area contributed by atoms with E-state index in [1.54, 1.807) is 6.92 Å². The molecule has 2 saturated heterocycles. The van der Waals surface area contributed by atoms with Crippen molar-refractivity contribution in [3.63, 3.8) is 0 Å². The number of aliphatic carboxylic acids is 1. The highest BCUT2D eigenvalue weighted by molar-refractivity contribution is 5.82. The molecule has 0 aromatic carbocycles. The van der Waals surface area contributed by atoms with Crippen LogP contribution in [-0.4, -0.2) is 58.5 Å². The molecule has 1 atom stereocenters. The summed E-state index contributed by atoms with van der Waals surface area (Å²) in [5.74, 6) is -0.706. The Kier molecular flexibility index (Phi) is 5.02. The molecule has 0 saturated carbocycles. The van der Waals surface area contributed by atoms with Gasteiger partial charge in [-0.25, -0.2) is 0 Å². The summed E-state index contributed by atoms with van der Waals surface area (Å²) >= 11 is 0. The molecule has 0 aliphatic carbocycles. The van der Waals surface area contributed by atoms with Gasteiger partial charge in [0, 0.05) is 13.1 Å².